The van der Waals surface area contributed by atoms with Gasteiger partial charge in [0.25, 0.3) is 5.56 Å². The highest BCUT2D eigenvalue weighted by atomic mass is 32.2. The lowest BCUT2D eigenvalue weighted by Gasteiger charge is -2.11. The summed E-state index contributed by atoms with van der Waals surface area (Å²) in [5.41, 5.74) is 2.70. The first-order valence-corrected chi connectivity index (χ1v) is 11.1. The lowest BCUT2D eigenvalue weighted by atomic mass is 10.2. The van der Waals surface area contributed by atoms with E-state index in [0.717, 1.165) is 33.7 Å². The predicted molar refractivity (Wildman–Crippen MR) is 123 cm³/mol. The van der Waals surface area contributed by atoms with Crippen molar-refractivity contribution < 1.29 is 4.74 Å². The summed E-state index contributed by atoms with van der Waals surface area (Å²) in [4.78, 5) is 17.8. The summed E-state index contributed by atoms with van der Waals surface area (Å²) in [6.45, 7) is 1.10. The molecule has 0 saturated heterocycles. The van der Waals surface area contributed by atoms with Gasteiger partial charge in [-0.05, 0) is 30.7 Å². The summed E-state index contributed by atoms with van der Waals surface area (Å²) in [7, 11) is 1.66. The number of aromatic nitrogens is 5. The fourth-order valence-electron chi connectivity index (χ4n) is 3.72. The van der Waals surface area contributed by atoms with Gasteiger partial charge in [0, 0.05) is 31.4 Å². The molecule has 0 amide bonds. The minimum atomic E-state index is -0.0562. The number of aryl methyl sites for hydroxylation is 1. The van der Waals surface area contributed by atoms with Crippen LogP contribution in [0.2, 0.25) is 0 Å². The number of para-hydroxylation sites is 2. The van der Waals surface area contributed by atoms with Crippen LogP contribution in [0.25, 0.3) is 27.6 Å². The number of ether oxygens (including phenoxy) is 1. The van der Waals surface area contributed by atoms with Crippen molar-refractivity contribution in [3.8, 4) is 0 Å². The molecule has 2 aromatic carbocycles. The van der Waals surface area contributed by atoms with Crippen LogP contribution in [0, 0.1) is 0 Å². The zero-order valence-electron chi connectivity index (χ0n) is 17.1. The molecule has 3 aromatic heterocycles. The molecule has 0 N–H and O–H groups in total. The molecule has 0 spiro atoms. The Morgan fingerprint density at radius 1 is 1.00 bits per heavy atom. The molecule has 31 heavy (non-hydrogen) atoms. The average molecular weight is 432 g/mol. The minimum Gasteiger partial charge on any atom is -0.385 e. The van der Waals surface area contributed by atoms with Gasteiger partial charge >= 0.3 is 0 Å². The van der Waals surface area contributed by atoms with E-state index < -0.39 is 0 Å². The van der Waals surface area contributed by atoms with E-state index >= 15 is 0 Å². The zero-order chi connectivity index (χ0) is 21.2. The molecule has 0 aliphatic heterocycles. The second-order valence-electron chi connectivity index (χ2n) is 7.22. The van der Waals surface area contributed by atoms with Crippen molar-refractivity contribution in [3.05, 3.63) is 76.7 Å². The smallest absolute Gasteiger partial charge is 0.262 e. The van der Waals surface area contributed by atoms with Gasteiger partial charge in [-0.15, -0.1) is 10.2 Å². The average Bonchev–Trinajstić information content (AvgIpc) is 3.24. The van der Waals surface area contributed by atoms with Crippen molar-refractivity contribution in [2.75, 3.05) is 13.7 Å². The fourth-order valence-corrected chi connectivity index (χ4v) is 4.57. The number of hydrogen-bond acceptors (Lipinski definition) is 6. The number of pyridine rings is 1. The van der Waals surface area contributed by atoms with E-state index in [1.165, 1.54) is 0 Å². The predicted octanol–water partition coefficient (Wildman–Crippen LogP) is 3.92. The third-order valence-corrected chi connectivity index (χ3v) is 6.18. The van der Waals surface area contributed by atoms with Crippen molar-refractivity contribution in [3.63, 3.8) is 0 Å². The summed E-state index contributed by atoms with van der Waals surface area (Å²) in [5.74, 6) is 1.21. The summed E-state index contributed by atoms with van der Waals surface area (Å²) in [6.07, 6.45) is 0.723. The number of rotatable bonds is 7. The van der Waals surface area contributed by atoms with E-state index in [9.17, 15) is 4.79 Å². The Morgan fingerprint density at radius 3 is 2.74 bits per heavy atom. The van der Waals surface area contributed by atoms with Crippen molar-refractivity contribution in [1.29, 1.82) is 0 Å². The number of benzene rings is 2. The maximum Gasteiger partial charge on any atom is 0.262 e. The highest BCUT2D eigenvalue weighted by Gasteiger charge is 2.16. The largest absolute Gasteiger partial charge is 0.385 e. The van der Waals surface area contributed by atoms with Gasteiger partial charge in [0.15, 0.2) is 5.16 Å². The Balaban J connectivity index is 1.55. The molecule has 0 bridgehead atoms. The Labute approximate surface area is 182 Å². The first-order valence-electron chi connectivity index (χ1n) is 10.1. The molecular weight excluding hydrogens is 410 g/mol. The topological polar surface area (TPSA) is 74.3 Å². The molecule has 8 heteroatoms. The van der Waals surface area contributed by atoms with E-state index in [1.807, 2.05) is 52.9 Å². The first kappa shape index (κ1) is 19.7. The third-order valence-electron chi connectivity index (χ3n) is 5.21. The molecule has 0 unspecified atom stereocenters. The first-order chi connectivity index (χ1) is 15.3. The molecule has 0 atom stereocenters. The SMILES string of the molecule is COCCCn1c(=O)c2ccccc2n2c(SCc3ccc4ccccc4n3)nnc12. The molecular formula is C23H21N5O2S. The van der Waals surface area contributed by atoms with Crippen molar-refractivity contribution in [2.24, 2.45) is 0 Å². The maximum absolute atomic E-state index is 13.1. The van der Waals surface area contributed by atoms with Gasteiger partial charge in [0.05, 0.1) is 22.1 Å². The van der Waals surface area contributed by atoms with Crippen LogP contribution in [0.5, 0.6) is 0 Å². The summed E-state index contributed by atoms with van der Waals surface area (Å²) in [5, 5.41) is 11.3. The molecule has 5 aromatic rings. The highest BCUT2D eigenvalue weighted by molar-refractivity contribution is 7.98. The van der Waals surface area contributed by atoms with Gasteiger partial charge in [0.2, 0.25) is 5.78 Å². The van der Waals surface area contributed by atoms with Crippen LogP contribution in [0.4, 0.5) is 0 Å². The normalized spacial score (nSPS) is 11.6. The van der Waals surface area contributed by atoms with Crippen LogP contribution in [0.1, 0.15) is 12.1 Å². The van der Waals surface area contributed by atoms with Crippen LogP contribution in [-0.4, -0.2) is 37.9 Å². The standard InChI is InChI=1S/C23H21N5O2S/c1-30-14-6-13-27-21(29)18-8-3-5-10-20(18)28-22(27)25-26-23(28)31-15-17-12-11-16-7-2-4-9-19(16)24-17/h2-5,7-12H,6,13-15H2,1H3. The van der Waals surface area contributed by atoms with Gasteiger partial charge in [-0.25, -0.2) is 0 Å². The lowest BCUT2D eigenvalue weighted by molar-refractivity contribution is 0.190. The second kappa shape index (κ2) is 8.49. The molecule has 0 saturated carbocycles. The molecule has 3 heterocycles. The van der Waals surface area contributed by atoms with Gasteiger partial charge in [-0.2, -0.15) is 0 Å². The second-order valence-corrected chi connectivity index (χ2v) is 8.16. The van der Waals surface area contributed by atoms with E-state index in [0.29, 0.717) is 30.1 Å². The zero-order valence-corrected chi connectivity index (χ0v) is 17.9. The maximum atomic E-state index is 13.1. The molecule has 7 nitrogen and oxygen atoms in total. The van der Waals surface area contributed by atoms with Crippen molar-refractivity contribution >= 4 is 39.3 Å². The number of methoxy groups -OCH3 is 1. The highest BCUT2D eigenvalue weighted by Crippen LogP contribution is 2.25. The molecule has 0 radical (unpaired) electrons. The van der Waals surface area contributed by atoms with Crippen LogP contribution >= 0.6 is 11.8 Å². The van der Waals surface area contributed by atoms with Gasteiger partial charge in [0.1, 0.15) is 0 Å². The minimum absolute atomic E-state index is 0.0562. The molecule has 0 aliphatic carbocycles. The Bertz CT molecular complexity index is 1440. The number of hydrogen-bond donors (Lipinski definition) is 0. The Morgan fingerprint density at radius 2 is 1.84 bits per heavy atom. The van der Waals surface area contributed by atoms with Gasteiger partial charge < -0.3 is 4.74 Å². The summed E-state index contributed by atoms with van der Waals surface area (Å²) < 4.78 is 8.81. The molecule has 156 valence electrons. The number of fused-ring (bicyclic) bond motifs is 4. The summed E-state index contributed by atoms with van der Waals surface area (Å²) >= 11 is 1.56. The van der Waals surface area contributed by atoms with Crippen LogP contribution < -0.4 is 5.56 Å². The molecule has 0 aliphatic rings. The Hall–Kier alpha value is -3.23. The summed E-state index contributed by atoms with van der Waals surface area (Å²) in [6, 6.07) is 19.8. The van der Waals surface area contributed by atoms with E-state index in [-0.39, 0.29) is 5.56 Å². The van der Waals surface area contributed by atoms with Crippen molar-refractivity contribution in [2.45, 2.75) is 23.9 Å². The quantitative estimate of drug-likeness (QED) is 0.287. The Kier molecular flexibility index (Phi) is 5.40. The molecule has 5 rings (SSSR count). The van der Waals surface area contributed by atoms with Crippen LogP contribution in [0.3, 0.4) is 0 Å². The van der Waals surface area contributed by atoms with Gasteiger partial charge in [-0.3, -0.25) is 18.7 Å². The number of nitrogens with zero attached hydrogens (tertiary/aromatic N) is 5. The third kappa shape index (κ3) is 3.68. The molecule has 0 fully saturated rings. The van der Waals surface area contributed by atoms with Gasteiger partial charge in [-0.1, -0.05) is 48.2 Å². The fraction of sp³-hybridized carbons (Fsp3) is 0.217. The number of thioether (sulfide) groups is 1. The van der Waals surface area contributed by atoms with Crippen LogP contribution in [0.15, 0.2) is 70.6 Å². The van der Waals surface area contributed by atoms with E-state index in [1.54, 1.807) is 23.4 Å². The van der Waals surface area contributed by atoms with Crippen molar-refractivity contribution in [1.82, 2.24) is 24.1 Å². The van der Waals surface area contributed by atoms with E-state index in [2.05, 4.69) is 22.3 Å². The van der Waals surface area contributed by atoms with E-state index in [4.69, 9.17) is 9.72 Å². The van der Waals surface area contributed by atoms with Crippen LogP contribution in [-0.2, 0) is 17.0 Å². The lowest BCUT2D eigenvalue weighted by Crippen LogP contribution is -2.24. The monoisotopic (exact) mass is 431 g/mol.